The van der Waals surface area contributed by atoms with Crippen molar-refractivity contribution in [2.24, 2.45) is 5.10 Å². The highest BCUT2D eigenvalue weighted by Gasteiger charge is 2.20. The number of ether oxygens (including phenoxy) is 5. The molecule has 0 amide bonds. The molecule has 0 fully saturated rings. The van der Waals surface area contributed by atoms with Gasteiger partial charge in [-0.3, -0.25) is 4.79 Å². The minimum absolute atomic E-state index is 0.183. The van der Waals surface area contributed by atoms with Gasteiger partial charge >= 0.3 is 5.97 Å². The average molecular weight is 566 g/mol. The molecule has 0 aliphatic heterocycles. The van der Waals surface area contributed by atoms with Crippen molar-refractivity contribution < 1.29 is 28.5 Å². The molecule has 1 aromatic heterocycles. The molecule has 0 aliphatic carbocycles. The van der Waals surface area contributed by atoms with Crippen molar-refractivity contribution in [3.8, 4) is 40.1 Å². The number of aromatic nitrogens is 2. The van der Waals surface area contributed by atoms with Crippen LogP contribution in [0, 0.1) is 0 Å². The summed E-state index contributed by atoms with van der Waals surface area (Å²) in [7, 11) is 5.85. The third-order valence-corrected chi connectivity index (χ3v) is 6.40. The third-order valence-electron chi connectivity index (χ3n) is 6.40. The molecule has 0 unspecified atom stereocenters. The van der Waals surface area contributed by atoms with E-state index >= 15 is 0 Å². The Balaban J connectivity index is 1.47. The highest BCUT2D eigenvalue weighted by atomic mass is 16.6. The summed E-state index contributed by atoms with van der Waals surface area (Å²) < 4.78 is 28.4. The second-order valence-electron chi connectivity index (χ2n) is 8.89. The van der Waals surface area contributed by atoms with Gasteiger partial charge in [-0.2, -0.15) is 9.78 Å². The van der Waals surface area contributed by atoms with Crippen molar-refractivity contribution >= 4 is 23.1 Å². The summed E-state index contributed by atoms with van der Waals surface area (Å²) >= 11 is 0. The normalized spacial score (nSPS) is 11.0. The Kier molecular flexibility index (Phi) is 8.14. The molecule has 10 heteroatoms. The molecule has 10 nitrogen and oxygen atoms in total. The fourth-order valence-electron chi connectivity index (χ4n) is 4.34. The lowest BCUT2D eigenvalue weighted by Crippen LogP contribution is -2.20. The molecule has 0 radical (unpaired) electrons. The number of hydrogen-bond donors (Lipinski definition) is 0. The van der Waals surface area contributed by atoms with Crippen LogP contribution in [-0.4, -0.2) is 50.3 Å². The molecule has 0 saturated heterocycles. The first-order valence-corrected chi connectivity index (χ1v) is 12.8. The Bertz CT molecular complexity index is 1820. The Morgan fingerprint density at radius 3 is 2.10 bits per heavy atom. The Morgan fingerprint density at radius 1 is 0.762 bits per heavy atom. The molecule has 0 saturated carbocycles. The van der Waals surface area contributed by atoms with E-state index in [9.17, 15) is 9.59 Å². The lowest BCUT2D eigenvalue weighted by atomic mass is 10.1. The highest BCUT2D eigenvalue weighted by Crippen LogP contribution is 2.39. The molecule has 0 bridgehead atoms. The van der Waals surface area contributed by atoms with Crippen molar-refractivity contribution in [3.05, 3.63) is 106 Å². The Hall–Kier alpha value is -5.64. The number of rotatable bonds is 9. The zero-order chi connectivity index (χ0) is 29.6. The fourth-order valence-corrected chi connectivity index (χ4v) is 4.34. The van der Waals surface area contributed by atoms with Crippen LogP contribution in [0.1, 0.15) is 15.9 Å². The zero-order valence-electron chi connectivity index (χ0n) is 23.4. The number of para-hydroxylation sites is 1. The van der Waals surface area contributed by atoms with Crippen LogP contribution in [0.4, 0.5) is 0 Å². The van der Waals surface area contributed by atoms with Gasteiger partial charge in [0, 0.05) is 5.56 Å². The molecular formula is C32H27N3O7. The summed E-state index contributed by atoms with van der Waals surface area (Å²) in [6, 6.07) is 24.4. The number of hydrogen-bond acceptors (Lipinski definition) is 9. The van der Waals surface area contributed by atoms with E-state index in [0.717, 1.165) is 5.56 Å². The van der Waals surface area contributed by atoms with Crippen LogP contribution >= 0.6 is 0 Å². The Labute approximate surface area is 241 Å². The summed E-state index contributed by atoms with van der Waals surface area (Å²) in [6.07, 6.45) is 1.51. The molecule has 4 aromatic carbocycles. The molecule has 212 valence electrons. The molecular weight excluding hydrogens is 538 g/mol. The van der Waals surface area contributed by atoms with Gasteiger partial charge in [0.25, 0.3) is 5.56 Å². The molecule has 0 atom stereocenters. The number of carbonyl (C=O) groups excluding carboxylic acids is 1. The SMILES string of the molecule is COc1cc(C=Nn2c(-c3ccccc3)nc3ccccc3c2=O)ccc1OC(=O)c1cc(OC)c(OC)c(OC)c1. The molecule has 5 aromatic rings. The van der Waals surface area contributed by atoms with E-state index in [1.54, 1.807) is 36.4 Å². The van der Waals surface area contributed by atoms with Crippen LogP contribution in [0.5, 0.6) is 28.7 Å². The predicted molar refractivity (Wildman–Crippen MR) is 158 cm³/mol. The maximum Gasteiger partial charge on any atom is 0.343 e. The lowest BCUT2D eigenvalue weighted by Gasteiger charge is -2.14. The minimum atomic E-state index is -0.657. The number of methoxy groups -OCH3 is 4. The van der Waals surface area contributed by atoms with E-state index in [0.29, 0.717) is 39.5 Å². The average Bonchev–Trinajstić information content (AvgIpc) is 3.04. The molecule has 0 spiro atoms. The number of benzene rings is 4. The molecule has 5 rings (SSSR count). The van der Waals surface area contributed by atoms with Crippen molar-refractivity contribution in [1.29, 1.82) is 0 Å². The summed E-state index contributed by atoms with van der Waals surface area (Å²) in [6.45, 7) is 0. The van der Waals surface area contributed by atoms with E-state index in [1.807, 2.05) is 36.4 Å². The van der Waals surface area contributed by atoms with Crippen molar-refractivity contribution in [2.75, 3.05) is 28.4 Å². The van der Waals surface area contributed by atoms with Crippen molar-refractivity contribution in [1.82, 2.24) is 9.66 Å². The van der Waals surface area contributed by atoms with E-state index in [2.05, 4.69) is 5.10 Å². The third kappa shape index (κ3) is 5.50. The summed E-state index contributed by atoms with van der Waals surface area (Å²) in [5, 5.41) is 4.93. The second kappa shape index (κ2) is 12.3. The van der Waals surface area contributed by atoms with Gasteiger partial charge in [0.1, 0.15) is 0 Å². The number of carbonyl (C=O) groups is 1. The smallest absolute Gasteiger partial charge is 0.343 e. The maximum absolute atomic E-state index is 13.4. The van der Waals surface area contributed by atoms with Crippen molar-refractivity contribution in [3.63, 3.8) is 0 Å². The van der Waals surface area contributed by atoms with Gasteiger partial charge < -0.3 is 23.7 Å². The molecule has 0 aliphatic rings. The van der Waals surface area contributed by atoms with Gasteiger partial charge in [-0.05, 0) is 48.0 Å². The van der Waals surface area contributed by atoms with E-state index in [1.165, 1.54) is 51.5 Å². The van der Waals surface area contributed by atoms with Crippen molar-refractivity contribution in [2.45, 2.75) is 0 Å². The molecule has 1 heterocycles. The quantitative estimate of drug-likeness (QED) is 0.136. The maximum atomic E-state index is 13.4. The lowest BCUT2D eigenvalue weighted by molar-refractivity contribution is 0.0728. The summed E-state index contributed by atoms with van der Waals surface area (Å²) in [5.41, 5.74) is 1.79. The van der Waals surface area contributed by atoms with E-state index < -0.39 is 5.97 Å². The van der Waals surface area contributed by atoms with Crippen LogP contribution in [0.2, 0.25) is 0 Å². The fraction of sp³-hybridized carbons (Fsp3) is 0.125. The van der Waals surface area contributed by atoms with Gasteiger partial charge in [0.05, 0.1) is 51.1 Å². The van der Waals surface area contributed by atoms with E-state index in [4.69, 9.17) is 28.7 Å². The Morgan fingerprint density at radius 2 is 1.43 bits per heavy atom. The summed E-state index contributed by atoms with van der Waals surface area (Å²) in [4.78, 5) is 31.1. The van der Waals surface area contributed by atoms with Crippen LogP contribution in [0.25, 0.3) is 22.3 Å². The topological polar surface area (TPSA) is 110 Å². The van der Waals surface area contributed by atoms with Crippen LogP contribution in [0.15, 0.2) is 94.8 Å². The standard InChI is InChI=1S/C32H27N3O7/c1-38-26-16-20(14-15-25(26)42-32(37)22-17-27(39-2)29(41-4)28(18-22)40-3)19-33-35-30(21-10-6-5-7-11-21)34-24-13-9-8-12-23(24)31(35)36/h5-19H,1-4H3. The van der Waals surface area contributed by atoms with Gasteiger partial charge in [0.2, 0.25) is 5.75 Å². The summed E-state index contributed by atoms with van der Waals surface area (Å²) in [5.74, 6) is 1.20. The van der Waals surface area contributed by atoms with E-state index in [-0.39, 0.29) is 22.6 Å². The zero-order valence-corrected chi connectivity index (χ0v) is 23.4. The first-order valence-electron chi connectivity index (χ1n) is 12.8. The number of fused-ring (bicyclic) bond motifs is 1. The number of esters is 1. The minimum Gasteiger partial charge on any atom is -0.493 e. The van der Waals surface area contributed by atoms with Gasteiger partial charge in [-0.15, -0.1) is 0 Å². The largest absolute Gasteiger partial charge is 0.493 e. The first kappa shape index (κ1) is 27.9. The molecule has 42 heavy (non-hydrogen) atoms. The second-order valence-corrected chi connectivity index (χ2v) is 8.89. The van der Waals surface area contributed by atoms with Gasteiger partial charge in [0.15, 0.2) is 28.8 Å². The predicted octanol–water partition coefficient (Wildman–Crippen LogP) is 5.20. The van der Waals surface area contributed by atoms with Crippen LogP contribution in [0.3, 0.4) is 0 Å². The number of nitrogens with zero attached hydrogens (tertiary/aromatic N) is 3. The van der Waals surface area contributed by atoms with Gasteiger partial charge in [-0.25, -0.2) is 9.78 Å². The van der Waals surface area contributed by atoms with Gasteiger partial charge in [-0.1, -0.05) is 42.5 Å². The monoisotopic (exact) mass is 565 g/mol. The first-order chi connectivity index (χ1) is 20.5. The van der Waals surface area contributed by atoms with Crippen LogP contribution in [-0.2, 0) is 0 Å². The highest BCUT2D eigenvalue weighted by molar-refractivity contribution is 5.93. The van der Waals surface area contributed by atoms with Crippen LogP contribution < -0.4 is 29.2 Å². The molecule has 0 N–H and O–H groups in total.